The molecule has 0 atom stereocenters. The molecule has 0 saturated carbocycles. The second-order valence-electron chi connectivity index (χ2n) is 3.74. The number of hydrogen-bond acceptors (Lipinski definition) is 3. The summed E-state index contributed by atoms with van der Waals surface area (Å²) in [7, 11) is 0. The summed E-state index contributed by atoms with van der Waals surface area (Å²) in [6.45, 7) is 8.02. The van der Waals surface area contributed by atoms with Crippen LogP contribution in [0.15, 0.2) is 12.1 Å². The zero-order valence-electron chi connectivity index (χ0n) is 9.44. The molecule has 2 aromatic rings. The Kier molecular flexibility index (Phi) is 2.26. The maximum Gasteiger partial charge on any atom is 0.175 e. The monoisotopic (exact) mass is 202 g/mol. The number of aryl methyl sites for hydroxylation is 2. The van der Waals surface area contributed by atoms with Crippen LogP contribution in [0.1, 0.15) is 22.6 Å². The van der Waals surface area contributed by atoms with Crippen LogP contribution in [0.3, 0.4) is 0 Å². The molecule has 78 valence electrons. The van der Waals surface area contributed by atoms with Crippen LogP contribution in [0, 0.1) is 27.7 Å². The van der Waals surface area contributed by atoms with Gasteiger partial charge in [-0.3, -0.25) is 0 Å². The highest BCUT2D eigenvalue weighted by Crippen LogP contribution is 2.14. The third-order valence-electron chi connectivity index (χ3n) is 2.65. The smallest absolute Gasteiger partial charge is 0.175 e. The van der Waals surface area contributed by atoms with Crippen molar-refractivity contribution in [1.82, 2.24) is 20.0 Å². The van der Waals surface area contributed by atoms with E-state index in [2.05, 4.69) is 22.2 Å². The van der Waals surface area contributed by atoms with Crippen LogP contribution in [-0.2, 0) is 0 Å². The zero-order valence-corrected chi connectivity index (χ0v) is 9.44. The molecule has 0 aromatic carbocycles. The summed E-state index contributed by atoms with van der Waals surface area (Å²) in [5.41, 5.74) is 4.27. The number of hydrogen-bond donors (Lipinski definition) is 0. The van der Waals surface area contributed by atoms with E-state index in [0.717, 1.165) is 22.9 Å². The Balaban J connectivity index is 2.54. The Hall–Kier alpha value is -1.71. The molecule has 0 fully saturated rings. The summed E-state index contributed by atoms with van der Waals surface area (Å²) in [5.74, 6) is 0.773. The van der Waals surface area contributed by atoms with Gasteiger partial charge in [0.05, 0.1) is 11.4 Å². The van der Waals surface area contributed by atoms with Gasteiger partial charge in [0.2, 0.25) is 0 Å². The maximum atomic E-state index is 4.42. The highest BCUT2D eigenvalue weighted by atomic mass is 15.3. The predicted molar refractivity (Wildman–Crippen MR) is 58.1 cm³/mol. The largest absolute Gasteiger partial charge is 0.217 e. The zero-order chi connectivity index (χ0) is 11.0. The molecule has 0 amide bonds. The molecule has 0 spiro atoms. The molecule has 0 aliphatic heterocycles. The summed E-state index contributed by atoms with van der Waals surface area (Å²) >= 11 is 0. The molecule has 0 aliphatic carbocycles. The molecule has 0 N–H and O–H groups in total. The molecule has 15 heavy (non-hydrogen) atoms. The Morgan fingerprint density at radius 1 is 1.00 bits per heavy atom. The average molecular weight is 202 g/mol. The molecular formula is C11H14N4. The third kappa shape index (κ3) is 1.63. The first-order valence-electron chi connectivity index (χ1n) is 4.93. The summed E-state index contributed by atoms with van der Waals surface area (Å²) in [6, 6.07) is 3.87. The van der Waals surface area contributed by atoms with Crippen LogP contribution in [0.5, 0.6) is 0 Å². The van der Waals surface area contributed by atoms with Crippen molar-refractivity contribution in [3.05, 3.63) is 34.8 Å². The fourth-order valence-corrected chi connectivity index (χ4v) is 1.45. The van der Waals surface area contributed by atoms with E-state index in [1.807, 2.05) is 37.6 Å². The van der Waals surface area contributed by atoms with Gasteiger partial charge in [0, 0.05) is 5.69 Å². The van der Waals surface area contributed by atoms with Crippen LogP contribution in [0.4, 0.5) is 0 Å². The molecule has 2 aromatic heterocycles. The van der Waals surface area contributed by atoms with E-state index in [9.17, 15) is 0 Å². The number of rotatable bonds is 1. The van der Waals surface area contributed by atoms with Gasteiger partial charge in [0.25, 0.3) is 0 Å². The van der Waals surface area contributed by atoms with Gasteiger partial charge in [-0.1, -0.05) is 0 Å². The van der Waals surface area contributed by atoms with Crippen LogP contribution in [0.2, 0.25) is 0 Å². The molecule has 2 heterocycles. The standard InChI is InChI=1S/C11H14N4/c1-7-5-6-11(13-12-7)15-10(4)8(2)9(3)14-15/h5-6H,1-4H3. The highest BCUT2D eigenvalue weighted by molar-refractivity contribution is 5.30. The second-order valence-corrected chi connectivity index (χ2v) is 3.74. The van der Waals surface area contributed by atoms with Gasteiger partial charge in [-0.25, -0.2) is 4.68 Å². The Bertz CT molecular complexity index is 482. The molecule has 0 bridgehead atoms. The van der Waals surface area contributed by atoms with E-state index >= 15 is 0 Å². The van der Waals surface area contributed by atoms with Crippen LogP contribution < -0.4 is 0 Å². The highest BCUT2D eigenvalue weighted by Gasteiger charge is 2.09. The minimum Gasteiger partial charge on any atom is -0.217 e. The lowest BCUT2D eigenvalue weighted by atomic mass is 10.2. The topological polar surface area (TPSA) is 43.6 Å². The van der Waals surface area contributed by atoms with Gasteiger partial charge in [0.15, 0.2) is 5.82 Å². The molecule has 0 aliphatic rings. The van der Waals surface area contributed by atoms with Crippen LogP contribution >= 0.6 is 0 Å². The van der Waals surface area contributed by atoms with Crippen LogP contribution in [-0.4, -0.2) is 20.0 Å². The summed E-state index contributed by atoms with van der Waals surface area (Å²) in [4.78, 5) is 0. The fourth-order valence-electron chi connectivity index (χ4n) is 1.45. The van der Waals surface area contributed by atoms with Crippen LogP contribution in [0.25, 0.3) is 5.82 Å². The first kappa shape index (κ1) is 9.83. The van der Waals surface area contributed by atoms with Gasteiger partial charge >= 0.3 is 0 Å². The Labute approximate surface area is 89.0 Å². The van der Waals surface area contributed by atoms with Crippen molar-refractivity contribution in [3.63, 3.8) is 0 Å². The van der Waals surface area contributed by atoms with Crippen molar-refractivity contribution in [3.8, 4) is 5.82 Å². The Morgan fingerprint density at radius 3 is 2.20 bits per heavy atom. The lowest BCUT2D eigenvalue weighted by molar-refractivity contribution is 0.775. The van der Waals surface area contributed by atoms with Crippen molar-refractivity contribution in [2.75, 3.05) is 0 Å². The fraction of sp³-hybridized carbons (Fsp3) is 0.364. The Morgan fingerprint density at radius 2 is 1.73 bits per heavy atom. The van der Waals surface area contributed by atoms with Gasteiger partial charge in [0.1, 0.15) is 0 Å². The summed E-state index contributed by atoms with van der Waals surface area (Å²) in [5, 5.41) is 12.6. The number of nitrogens with zero attached hydrogens (tertiary/aromatic N) is 4. The van der Waals surface area contributed by atoms with Gasteiger partial charge in [-0.05, 0) is 45.4 Å². The van der Waals surface area contributed by atoms with Crippen molar-refractivity contribution >= 4 is 0 Å². The van der Waals surface area contributed by atoms with E-state index in [1.165, 1.54) is 5.56 Å². The third-order valence-corrected chi connectivity index (χ3v) is 2.65. The first-order valence-corrected chi connectivity index (χ1v) is 4.93. The van der Waals surface area contributed by atoms with E-state index < -0.39 is 0 Å². The molecule has 4 nitrogen and oxygen atoms in total. The van der Waals surface area contributed by atoms with Gasteiger partial charge in [-0.15, -0.1) is 5.10 Å². The second kappa shape index (κ2) is 3.46. The summed E-state index contributed by atoms with van der Waals surface area (Å²) in [6.07, 6.45) is 0. The maximum absolute atomic E-state index is 4.42. The lowest BCUT2D eigenvalue weighted by Crippen LogP contribution is -2.03. The predicted octanol–water partition coefficient (Wildman–Crippen LogP) is 1.90. The van der Waals surface area contributed by atoms with Gasteiger partial charge < -0.3 is 0 Å². The molecule has 2 rings (SSSR count). The number of aromatic nitrogens is 4. The van der Waals surface area contributed by atoms with E-state index in [1.54, 1.807) is 0 Å². The quantitative estimate of drug-likeness (QED) is 0.709. The van der Waals surface area contributed by atoms with E-state index in [0.29, 0.717) is 0 Å². The SMILES string of the molecule is Cc1ccc(-n2nc(C)c(C)c2C)nn1. The van der Waals surface area contributed by atoms with E-state index in [4.69, 9.17) is 0 Å². The van der Waals surface area contributed by atoms with Gasteiger partial charge in [-0.2, -0.15) is 10.2 Å². The van der Waals surface area contributed by atoms with Crippen molar-refractivity contribution in [2.45, 2.75) is 27.7 Å². The minimum atomic E-state index is 0.773. The van der Waals surface area contributed by atoms with Crippen molar-refractivity contribution in [1.29, 1.82) is 0 Å². The molecule has 0 saturated heterocycles. The van der Waals surface area contributed by atoms with Crippen molar-refractivity contribution < 1.29 is 0 Å². The molecule has 0 radical (unpaired) electrons. The van der Waals surface area contributed by atoms with E-state index in [-0.39, 0.29) is 0 Å². The summed E-state index contributed by atoms with van der Waals surface area (Å²) < 4.78 is 1.83. The normalized spacial score (nSPS) is 10.7. The molecule has 0 unspecified atom stereocenters. The van der Waals surface area contributed by atoms with Crippen molar-refractivity contribution in [2.24, 2.45) is 0 Å². The lowest BCUT2D eigenvalue weighted by Gasteiger charge is -2.02. The molecular weight excluding hydrogens is 188 g/mol. The first-order chi connectivity index (χ1) is 7.09. The minimum absolute atomic E-state index is 0.773. The average Bonchev–Trinajstić information content (AvgIpc) is 2.47. The molecule has 4 heteroatoms.